The fourth-order valence-corrected chi connectivity index (χ4v) is 7.76. The summed E-state index contributed by atoms with van der Waals surface area (Å²) in [5.74, 6) is 3.35. The first-order chi connectivity index (χ1) is 14.0. The number of furan rings is 1. The minimum Gasteiger partial charge on any atom is -0.463 e. The first kappa shape index (κ1) is 18.0. The van der Waals surface area contributed by atoms with Crippen LogP contribution in [0.15, 0.2) is 52.7 Å². The second kappa shape index (κ2) is 6.11. The van der Waals surface area contributed by atoms with E-state index in [1.54, 1.807) is 5.57 Å². The topological polar surface area (TPSA) is 33.4 Å². The highest BCUT2D eigenvalue weighted by atomic mass is 16.3. The van der Waals surface area contributed by atoms with Crippen molar-refractivity contribution in [2.75, 3.05) is 0 Å². The number of aliphatic hydroxyl groups excluding tert-OH is 1. The monoisotopic (exact) mass is 388 g/mol. The molecule has 4 aliphatic rings. The second-order valence-electron chi connectivity index (χ2n) is 10.6. The molecule has 1 heterocycles. The number of allylic oxidation sites excluding steroid dienone is 3. The molecule has 152 valence electrons. The number of fused-ring (bicyclic) bond motifs is 6. The zero-order chi connectivity index (χ0) is 19.8. The highest BCUT2D eigenvalue weighted by molar-refractivity contribution is 5.93. The Balaban J connectivity index is 1.36. The van der Waals surface area contributed by atoms with Crippen LogP contribution >= 0.6 is 0 Å². The van der Waals surface area contributed by atoms with Crippen molar-refractivity contribution in [3.05, 3.63) is 54.0 Å². The highest BCUT2D eigenvalue weighted by Crippen LogP contribution is 2.66. The predicted octanol–water partition coefficient (Wildman–Crippen LogP) is 6.75. The molecule has 1 aromatic carbocycles. The molecular formula is C27H32O2. The molecular weight excluding hydrogens is 356 g/mol. The van der Waals surface area contributed by atoms with E-state index in [1.165, 1.54) is 42.0 Å². The fraction of sp³-hybridized carbons (Fsp3) is 0.556. The van der Waals surface area contributed by atoms with Crippen LogP contribution in [0.1, 0.15) is 64.6 Å². The molecule has 4 aliphatic carbocycles. The van der Waals surface area contributed by atoms with Crippen LogP contribution < -0.4 is 0 Å². The van der Waals surface area contributed by atoms with Crippen LogP contribution in [-0.4, -0.2) is 11.2 Å². The minimum atomic E-state index is -0.119. The average molecular weight is 389 g/mol. The SMILES string of the molecule is C[C@]12CC[C@H](O)CC1=CCC1C2CC[C@]2(C)C(c3occ4ccccc34)=CCC12. The largest absolute Gasteiger partial charge is 0.463 e. The van der Waals surface area contributed by atoms with Crippen LogP contribution in [0.2, 0.25) is 0 Å². The molecule has 0 bridgehead atoms. The van der Waals surface area contributed by atoms with Crippen LogP contribution in [0.4, 0.5) is 0 Å². The highest BCUT2D eigenvalue weighted by Gasteiger charge is 2.57. The fourth-order valence-electron chi connectivity index (χ4n) is 7.76. The van der Waals surface area contributed by atoms with E-state index in [1.807, 2.05) is 6.26 Å². The molecule has 3 unspecified atom stereocenters. The van der Waals surface area contributed by atoms with Crippen molar-refractivity contribution >= 4 is 16.3 Å². The first-order valence-electron chi connectivity index (χ1n) is 11.6. The summed E-state index contributed by atoms with van der Waals surface area (Å²) in [6.45, 7) is 5.02. The molecule has 0 aliphatic heterocycles. The molecule has 6 rings (SSSR count). The van der Waals surface area contributed by atoms with Gasteiger partial charge in [0.1, 0.15) is 5.76 Å². The van der Waals surface area contributed by atoms with Crippen molar-refractivity contribution in [1.82, 2.24) is 0 Å². The summed E-state index contributed by atoms with van der Waals surface area (Å²) in [7, 11) is 0. The van der Waals surface area contributed by atoms with Crippen LogP contribution in [0.5, 0.6) is 0 Å². The third-order valence-corrected chi connectivity index (χ3v) is 9.41. The van der Waals surface area contributed by atoms with Gasteiger partial charge in [-0.05, 0) is 79.1 Å². The van der Waals surface area contributed by atoms with E-state index >= 15 is 0 Å². The van der Waals surface area contributed by atoms with E-state index in [-0.39, 0.29) is 11.5 Å². The molecule has 2 aromatic rings. The lowest BCUT2D eigenvalue weighted by molar-refractivity contribution is -0.0240. The quantitative estimate of drug-likeness (QED) is 0.548. The van der Waals surface area contributed by atoms with Gasteiger partial charge in [-0.1, -0.05) is 55.8 Å². The maximum absolute atomic E-state index is 10.2. The van der Waals surface area contributed by atoms with Gasteiger partial charge in [-0.15, -0.1) is 0 Å². The van der Waals surface area contributed by atoms with Crippen molar-refractivity contribution < 1.29 is 9.52 Å². The van der Waals surface area contributed by atoms with Gasteiger partial charge in [0.2, 0.25) is 0 Å². The smallest absolute Gasteiger partial charge is 0.137 e. The summed E-state index contributed by atoms with van der Waals surface area (Å²) in [6, 6.07) is 8.58. The molecule has 29 heavy (non-hydrogen) atoms. The van der Waals surface area contributed by atoms with Crippen molar-refractivity contribution in [3.63, 3.8) is 0 Å². The molecule has 2 fully saturated rings. The molecule has 0 saturated heterocycles. The summed E-state index contributed by atoms with van der Waals surface area (Å²) in [4.78, 5) is 0. The first-order valence-corrected chi connectivity index (χ1v) is 11.6. The molecule has 1 aromatic heterocycles. The van der Waals surface area contributed by atoms with E-state index < -0.39 is 0 Å². The van der Waals surface area contributed by atoms with Gasteiger partial charge in [0.05, 0.1) is 12.4 Å². The minimum absolute atomic E-state index is 0.119. The average Bonchev–Trinajstić information content (AvgIpc) is 3.29. The molecule has 1 N–H and O–H groups in total. The number of benzene rings is 1. The molecule has 0 amide bonds. The Morgan fingerprint density at radius 3 is 2.69 bits per heavy atom. The zero-order valence-corrected chi connectivity index (χ0v) is 17.7. The lowest BCUT2D eigenvalue weighted by Crippen LogP contribution is -2.49. The molecule has 2 heteroatoms. The van der Waals surface area contributed by atoms with Crippen LogP contribution in [0.3, 0.4) is 0 Å². The van der Waals surface area contributed by atoms with E-state index in [0.717, 1.165) is 36.9 Å². The molecule has 2 nitrogen and oxygen atoms in total. The van der Waals surface area contributed by atoms with Crippen molar-refractivity contribution in [2.45, 2.75) is 64.9 Å². The Hall–Kier alpha value is -1.80. The normalized spacial score (nSPS) is 41.3. The number of aliphatic hydroxyl groups is 1. The van der Waals surface area contributed by atoms with Gasteiger partial charge in [0.25, 0.3) is 0 Å². The number of hydrogen-bond acceptors (Lipinski definition) is 2. The van der Waals surface area contributed by atoms with Crippen molar-refractivity contribution in [3.8, 4) is 0 Å². The predicted molar refractivity (Wildman–Crippen MR) is 117 cm³/mol. The summed E-state index contributed by atoms with van der Waals surface area (Å²) in [5, 5.41) is 12.7. The van der Waals surface area contributed by atoms with Gasteiger partial charge in [-0.2, -0.15) is 0 Å². The van der Waals surface area contributed by atoms with Gasteiger partial charge in [0.15, 0.2) is 0 Å². The van der Waals surface area contributed by atoms with Crippen molar-refractivity contribution in [2.24, 2.45) is 28.6 Å². The van der Waals surface area contributed by atoms with Crippen LogP contribution in [-0.2, 0) is 0 Å². The van der Waals surface area contributed by atoms with E-state index in [2.05, 4.69) is 50.3 Å². The van der Waals surface area contributed by atoms with Gasteiger partial charge in [-0.25, -0.2) is 0 Å². The van der Waals surface area contributed by atoms with Crippen LogP contribution in [0, 0.1) is 28.6 Å². The van der Waals surface area contributed by atoms with Gasteiger partial charge in [-0.3, -0.25) is 0 Å². The molecule has 0 spiro atoms. The molecule has 0 radical (unpaired) electrons. The summed E-state index contributed by atoms with van der Waals surface area (Å²) >= 11 is 0. The van der Waals surface area contributed by atoms with E-state index in [4.69, 9.17) is 4.42 Å². The Bertz CT molecular complexity index is 1030. The molecule has 2 saturated carbocycles. The third-order valence-electron chi connectivity index (χ3n) is 9.41. The summed E-state index contributed by atoms with van der Waals surface area (Å²) in [6.07, 6.45) is 14.8. The number of rotatable bonds is 1. The lowest BCUT2D eigenvalue weighted by atomic mass is 9.47. The Labute approximate surface area is 173 Å². The Morgan fingerprint density at radius 1 is 0.966 bits per heavy atom. The Morgan fingerprint density at radius 2 is 1.79 bits per heavy atom. The van der Waals surface area contributed by atoms with Gasteiger partial charge < -0.3 is 9.52 Å². The van der Waals surface area contributed by atoms with E-state index in [0.29, 0.717) is 11.3 Å². The number of hydrogen-bond donors (Lipinski definition) is 1. The van der Waals surface area contributed by atoms with E-state index in [9.17, 15) is 5.11 Å². The Kier molecular flexibility index (Phi) is 3.79. The third kappa shape index (κ3) is 2.39. The van der Waals surface area contributed by atoms with Crippen LogP contribution in [0.25, 0.3) is 16.3 Å². The molecule has 6 atom stereocenters. The zero-order valence-electron chi connectivity index (χ0n) is 17.7. The van der Waals surface area contributed by atoms with Crippen molar-refractivity contribution in [1.29, 1.82) is 0 Å². The summed E-state index contributed by atoms with van der Waals surface area (Å²) in [5.41, 5.74) is 3.55. The lowest BCUT2D eigenvalue weighted by Gasteiger charge is -2.57. The summed E-state index contributed by atoms with van der Waals surface area (Å²) < 4.78 is 6.16. The maximum Gasteiger partial charge on any atom is 0.137 e. The standard InChI is InChI=1S/C27H32O2/c1-26-13-11-19(28)15-18(26)7-8-21-22-9-10-24(27(22,2)14-12-23(21)26)25-20-6-4-3-5-17(20)16-29-25/h3-7,10,16,19,21-23,28H,8-9,11-15H2,1-2H3/t19-,21?,22?,23?,26-,27-/m0/s1. The maximum atomic E-state index is 10.2. The van der Waals surface area contributed by atoms with Gasteiger partial charge >= 0.3 is 0 Å². The van der Waals surface area contributed by atoms with Gasteiger partial charge in [0, 0.05) is 10.8 Å². The second-order valence-corrected chi connectivity index (χ2v) is 10.6.